The first-order chi connectivity index (χ1) is 10.5. The predicted molar refractivity (Wildman–Crippen MR) is 88.9 cm³/mol. The third-order valence-electron chi connectivity index (χ3n) is 3.17. The van der Waals surface area contributed by atoms with Gasteiger partial charge in [0.25, 0.3) is 0 Å². The molecule has 1 heterocycles. The second kappa shape index (κ2) is 7.13. The summed E-state index contributed by atoms with van der Waals surface area (Å²) in [5.74, 6) is -0.323. The van der Waals surface area contributed by atoms with E-state index >= 15 is 0 Å². The molecule has 0 atom stereocenters. The monoisotopic (exact) mass is 319 g/mol. The molecule has 0 spiro atoms. The molecule has 0 amide bonds. The number of ether oxygens (including phenoxy) is 1. The van der Waals surface area contributed by atoms with Crippen molar-refractivity contribution < 1.29 is 9.53 Å². The zero-order chi connectivity index (χ0) is 16.1. The SMILES string of the molecule is CCOC(=O)c1c(C)[nH]c(/C=N/Nc2cccc(Cl)c2)c1C. The lowest BCUT2D eigenvalue weighted by Crippen LogP contribution is -2.06. The number of nitrogens with zero attached hydrogens (tertiary/aromatic N) is 1. The first-order valence-corrected chi connectivity index (χ1v) is 7.31. The Hall–Kier alpha value is -2.27. The van der Waals surface area contributed by atoms with Crippen LogP contribution in [0, 0.1) is 13.8 Å². The number of esters is 1. The number of H-pyrrole nitrogens is 1. The van der Waals surface area contributed by atoms with Gasteiger partial charge in [0.1, 0.15) is 0 Å². The summed E-state index contributed by atoms with van der Waals surface area (Å²) < 4.78 is 5.06. The zero-order valence-electron chi connectivity index (χ0n) is 12.7. The van der Waals surface area contributed by atoms with Gasteiger partial charge in [-0.1, -0.05) is 17.7 Å². The highest BCUT2D eigenvalue weighted by Crippen LogP contribution is 2.18. The van der Waals surface area contributed by atoms with Crippen molar-refractivity contribution >= 4 is 29.5 Å². The Morgan fingerprint density at radius 2 is 2.23 bits per heavy atom. The van der Waals surface area contributed by atoms with Crippen LogP contribution in [0.3, 0.4) is 0 Å². The van der Waals surface area contributed by atoms with E-state index in [-0.39, 0.29) is 5.97 Å². The number of aromatic amines is 1. The Kier molecular flexibility index (Phi) is 5.22. The van der Waals surface area contributed by atoms with Gasteiger partial charge in [-0.15, -0.1) is 0 Å². The largest absolute Gasteiger partial charge is 0.462 e. The number of hydrogen-bond donors (Lipinski definition) is 2. The number of aromatic nitrogens is 1. The lowest BCUT2D eigenvalue weighted by molar-refractivity contribution is 0.0525. The van der Waals surface area contributed by atoms with E-state index in [1.54, 1.807) is 25.3 Å². The number of carbonyl (C=O) groups is 1. The molecule has 0 bridgehead atoms. The predicted octanol–water partition coefficient (Wildman–Crippen LogP) is 3.91. The van der Waals surface area contributed by atoms with Crippen molar-refractivity contribution in [2.45, 2.75) is 20.8 Å². The molecule has 2 rings (SSSR count). The van der Waals surface area contributed by atoms with Crippen molar-refractivity contribution in [1.29, 1.82) is 0 Å². The third kappa shape index (κ3) is 3.68. The summed E-state index contributed by atoms with van der Waals surface area (Å²) in [6, 6.07) is 7.26. The van der Waals surface area contributed by atoms with Crippen molar-refractivity contribution in [1.82, 2.24) is 4.98 Å². The number of rotatable bonds is 5. The fourth-order valence-corrected chi connectivity index (χ4v) is 2.33. The van der Waals surface area contributed by atoms with Gasteiger partial charge in [0.15, 0.2) is 0 Å². The van der Waals surface area contributed by atoms with E-state index < -0.39 is 0 Å². The van der Waals surface area contributed by atoms with E-state index in [4.69, 9.17) is 16.3 Å². The fraction of sp³-hybridized carbons (Fsp3) is 0.250. The molecule has 22 heavy (non-hydrogen) atoms. The number of carbonyl (C=O) groups excluding carboxylic acids is 1. The van der Waals surface area contributed by atoms with Gasteiger partial charge in [0.05, 0.1) is 29.8 Å². The Morgan fingerprint density at radius 3 is 2.91 bits per heavy atom. The van der Waals surface area contributed by atoms with E-state index in [0.717, 1.165) is 22.6 Å². The van der Waals surface area contributed by atoms with Crippen molar-refractivity contribution in [2.24, 2.45) is 5.10 Å². The van der Waals surface area contributed by atoms with E-state index in [0.29, 0.717) is 17.2 Å². The van der Waals surface area contributed by atoms with Crippen molar-refractivity contribution in [3.05, 3.63) is 51.8 Å². The second-order valence-electron chi connectivity index (χ2n) is 4.76. The summed E-state index contributed by atoms with van der Waals surface area (Å²) in [4.78, 5) is 15.0. The van der Waals surface area contributed by atoms with Gasteiger partial charge in [0, 0.05) is 10.7 Å². The van der Waals surface area contributed by atoms with Gasteiger partial charge < -0.3 is 9.72 Å². The average Bonchev–Trinajstić information content (AvgIpc) is 2.74. The lowest BCUT2D eigenvalue weighted by Gasteiger charge is -2.02. The van der Waals surface area contributed by atoms with Gasteiger partial charge >= 0.3 is 5.97 Å². The van der Waals surface area contributed by atoms with Crippen LogP contribution >= 0.6 is 11.6 Å². The molecule has 2 N–H and O–H groups in total. The van der Waals surface area contributed by atoms with Gasteiger partial charge in [-0.05, 0) is 44.5 Å². The molecule has 0 aliphatic rings. The highest BCUT2D eigenvalue weighted by atomic mass is 35.5. The van der Waals surface area contributed by atoms with Gasteiger partial charge in [-0.3, -0.25) is 5.43 Å². The molecular formula is C16H18ClN3O2. The number of aryl methyl sites for hydroxylation is 1. The highest BCUT2D eigenvalue weighted by molar-refractivity contribution is 6.30. The molecule has 116 valence electrons. The van der Waals surface area contributed by atoms with Crippen molar-refractivity contribution in [2.75, 3.05) is 12.0 Å². The quantitative estimate of drug-likeness (QED) is 0.499. The molecular weight excluding hydrogens is 302 g/mol. The zero-order valence-corrected chi connectivity index (χ0v) is 13.5. The maximum atomic E-state index is 11.9. The first kappa shape index (κ1) is 16.1. The minimum Gasteiger partial charge on any atom is -0.462 e. The van der Waals surface area contributed by atoms with Crippen LogP contribution in [0.25, 0.3) is 0 Å². The molecule has 0 radical (unpaired) electrons. The smallest absolute Gasteiger partial charge is 0.340 e. The Morgan fingerprint density at radius 1 is 1.45 bits per heavy atom. The molecule has 0 unspecified atom stereocenters. The Balaban J connectivity index is 2.15. The van der Waals surface area contributed by atoms with Gasteiger partial charge in [0.2, 0.25) is 0 Å². The van der Waals surface area contributed by atoms with Crippen LogP contribution in [-0.4, -0.2) is 23.8 Å². The average molecular weight is 320 g/mol. The number of benzene rings is 1. The number of hydrazone groups is 1. The first-order valence-electron chi connectivity index (χ1n) is 6.93. The number of nitrogens with one attached hydrogen (secondary N) is 2. The van der Waals surface area contributed by atoms with Crippen LogP contribution in [0.1, 0.15) is 34.2 Å². The van der Waals surface area contributed by atoms with Crippen molar-refractivity contribution in [3.63, 3.8) is 0 Å². The lowest BCUT2D eigenvalue weighted by atomic mass is 10.1. The normalized spacial score (nSPS) is 10.9. The Labute approximate surface area is 134 Å². The molecule has 0 fully saturated rings. The van der Waals surface area contributed by atoms with E-state index in [2.05, 4.69) is 15.5 Å². The molecule has 0 saturated heterocycles. The molecule has 6 heteroatoms. The summed E-state index contributed by atoms with van der Waals surface area (Å²) in [6.45, 7) is 5.83. The fourth-order valence-electron chi connectivity index (χ4n) is 2.14. The topological polar surface area (TPSA) is 66.5 Å². The third-order valence-corrected chi connectivity index (χ3v) is 3.40. The van der Waals surface area contributed by atoms with Gasteiger partial charge in [-0.25, -0.2) is 4.79 Å². The molecule has 5 nitrogen and oxygen atoms in total. The minimum absolute atomic E-state index is 0.323. The molecule has 1 aromatic heterocycles. The van der Waals surface area contributed by atoms with Crippen molar-refractivity contribution in [3.8, 4) is 0 Å². The van der Waals surface area contributed by atoms with Crippen LogP contribution in [0.4, 0.5) is 5.69 Å². The summed E-state index contributed by atoms with van der Waals surface area (Å²) in [6.07, 6.45) is 1.63. The number of anilines is 1. The maximum Gasteiger partial charge on any atom is 0.340 e. The summed E-state index contributed by atoms with van der Waals surface area (Å²) >= 11 is 5.91. The molecule has 0 saturated carbocycles. The summed E-state index contributed by atoms with van der Waals surface area (Å²) in [7, 11) is 0. The van der Waals surface area contributed by atoms with Crippen LogP contribution in [-0.2, 0) is 4.74 Å². The van der Waals surface area contributed by atoms with E-state index in [1.807, 2.05) is 26.0 Å². The maximum absolute atomic E-state index is 11.9. The van der Waals surface area contributed by atoms with Gasteiger partial charge in [-0.2, -0.15) is 5.10 Å². The molecule has 0 aliphatic heterocycles. The Bertz CT molecular complexity index is 707. The molecule has 2 aromatic rings. The second-order valence-corrected chi connectivity index (χ2v) is 5.20. The van der Waals surface area contributed by atoms with Crippen LogP contribution in [0.5, 0.6) is 0 Å². The minimum atomic E-state index is -0.323. The molecule has 1 aromatic carbocycles. The van der Waals surface area contributed by atoms with Crippen LogP contribution < -0.4 is 5.43 Å². The highest BCUT2D eigenvalue weighted by Gasteiger charge is 2.18. The number of hydrogen-bond acceptors (Lipinski definition) is 4. The summed E-state index contributed by atoms with van der Waals surface area (Å²) in [5, 5.41) is 4.79. The van der Waals surface area contributed by atoms with Crippen LogP contribution in [0.2, 0.25) is 5.02 Å². The standard InChI is InChI=1S/C16H18ClN3O2/c1-4-22-16(21)15-10(2)14(19-11(15)3)9-18-20-13-7-5-6-12(17)8-13/h5-9,19-20H,4H2,1-3H3/b18-9+. The van der Waals surface area contributed by atoms with E-state index in [9.17, 15) is 4.79 Å². The molecule has 0 aliphatic carbocycles. The van der Waals surface area contributed by atoms with E-state index in [1.165, 1.54) is 0 Å². The number of halogens is 1. The van der Waals surface area contributed by atoms with Crippen LogP contribution in [0.15, 0.2) is 29.4 Å². The summed E-state index contributed by atoms with van der Waals surface area (Å²) in [5.41, 5.74) is 6.58.